The number of hydrogen-bond acceptors (Lipinski definition) is 6. The minimum absolute atomic E-state index is 0.0118. The summed E-state index contributed by atoms with van der Waals surface area (Å²) < 4.78 is 4.95. The molecule has 7 heteroatoms. The van der Waals surface area contributed by atoms with Crippen LogP contribution in [-0.4, -0.2) is 29.3 Å². The van der Waals surface area contributed by atoms with Crippen molar-refractivity contribution in [1.29, 1.82) is 5.26 Å². The lowest BCUT2D eigenvalue weighted by atomic mass is 10.1. The van der Waals surface area contributed by atoms with E-state index in [2.05, 4.69) is 5.32 Å². The predicted molar refractivity (Wildman–Crippen MR) is 94.5 cm³/mol. The van der Waals surface area contributed by atoms with E-state index in [4.69, 9.17) is 10.00 Å². The zero-order valence-electron chi connectivity index (χ0n) is 13.5. The monoisotopic (exact) mass is 356 g/mol. The second kappa shape index (κ2) is 8.76. The van der Waals surface area contributed by atoms with Crippen LogP contribution in [0.5, 0.6) is 5.75 Å². The smallest absolute Gasteiger partial charge is 0.342 e. The van der Waals surface area contributed by atoms with E-state index in [1.165, 1.54) is 23.9 Å². The Kier molecular flexibility index (Phi) is 6.43. The standard InChI is InChI=1S/C18H16N2O4S/c1-12-6-7-15(21)13(10-12)18(23)24-11-17(22)20-14-4-2-3-5-16(14)25-9-8-19/h2-7,10,21H,9,11H2,1H3,(H,20,22). The van der Waals surface area contributed by atoms with E-state index in [-0.39, 0.29) is 17.1 Å². The molecule has 0 saturated carbocycles. The maximum Gasteiger partial charge on any atom is 0.342 e. The van der Waals surface area contributed by atoms with E-state index in [9.17, 15) is 14.7 Å². The van der Waals surface area contributed by atoms with Crippen LogP contribution in [0.25, 0.3) is 0 Å². The Morgan fingerprint density at radius 2 is 2.04 bits per heavy atom. The number of ether oxygens (including phenoxy) is 1. The fourth-order valence-electron chi connectivity index (χ4n) is 2.01. The number of nitrogens with zero attached hydrogens (tertiary/aromatic N) is 1. The lowest BCUT2D eigenvalue weighted by molar-refractivity contribution is -0.119. The molecule has 0 aliphatic carbocycles. The van der Waals surface area contributed by atoms with Crippen LogP contribution in [0, 0.1) is 18.3 Å². The summed E-state index contributed by atoms with van der Waals surface area (Å²) in [6.45, 7) is 1.29. The van der Waals surface area contributed by atoms with Crippen molar-refractivity contribution < 1.29 is 19.4 Å². The van der Waals surface area contributed by atoms with Gasteiger partial charge in [0.05, 0.1) is 17.5 Å². The summed E-state index contributed by atoms with van der Waals surface area (Å²) in [5, 5.41) is 21.0. The molecule has 0 saturated heterocycles. The van der Waals surface area contributed by atoms with E-state index in [1.807, 2.05) is 6.07 Å². The molecule has 6 nitrogen and oxygen atoms in total. The molecule has 0 aromatic heterocycles. The van der Waals surface area contributed by atoms with Gasteiger partial charge in [-0.05, 0) is 31.2 Å². The van der Waals surface area contributed by atoms with Crippen LogP contribution in [0.4, 0.5) is 5.69 Å². The van der Waals surface area contributed by atoms with Crippen molar-refractivity contribution in [1.82, 2.24) is 0 Å². The summed E-state index contributed by atoms with van der Waals surface area (Å²) in [5.41, 5.74) is 1.35. The summed E-state index contributed by atoms with van der Waals surface area (Å²) in [6, 6.07) is 13.6. The number of aryl methyl sites for hydroxylation is 1. The molecule has 0 fully saturated rings. The Morgan fingerprint density at radius 3 is 2.80 bits per heavy atom. The number of carbonyl (C=O) groups excluding carboxylic acids is 2. The summed E-state index contributed by atoms with van der Waals surface area (Å²) in [7, 11) is 0. The highest BCUT2D eigenvalue weighted by molar-refractivity contribution is 7.99. The van der Waals surface area contributed by atoms with Crippen molar-refractivity contribution in [2.45, 2.75) is 11.8 Å². The number of phenols is 1. The Labute approximate surface area is 149 Å². The molecule has 128 valence electrons. The van der Waals surface area contributed by atoms with Crippen molar-refractivity contribution in [2.75, 3.05) is 17.7 Å². The van der Waals surface area contributed by atoms with Crippen molar-refractivity contribution in [3.8, 4) is 11.8 Å². The van der Waals surface area contributed by atoms with Gasteiger partial charge < -0.3 is 15.2 Å². The molecule has 0 radical (unpaired) electrons. The highest BCUT2D eigenvalue weighted by Crippen LogP contribution is 2.26. The molecule has 25 heavy (non-hydrogen) atoms. The van der Waals surface area contributed by atoms with E-state index < -0.39 is 18.5 Å². The molecular weight excluding hydrogens is 340 g/mol. The number of nitriles is 1. The number of benzene rings is 2. The predicted octanol–water partition coefficient (Wildman–Crippen LogP) is 3.11. The fourth-order valence-corrected chi connectivity index (χ4v) is 2.68. The van der Waals surface area contributed by atoms with Gasteiger partial charge in [0, 0.05) is 4.90 Å². The third-order valence-corrected chi connectivity index (χ3v) is 4.10. The minimum Gasteiger partial charge on any atom is -0.507 e. The number of anilines is 1. The SMILES string of the molecule is Cc1ccc(O)c(C(=O)OCC(=O)Nc2ccccc2SCC#N)c1. The number of rotatable bonds is 6. The number of esters is 1. The molecule has 2 rings (SSSR count). The molecule has 2 aromatic carbocycles. The molecule has 1 amide bonds. The van der Waals surface area contributed by atoms with Gasteiger partial charge in [0.2, 0.25) is 0 Å². The molecule has 0 bridgehead atoms. The number of amides is 1. The van der Waals surface area contributed by atoms with Gasteiger partial charge in [-0.3, -0.25) is 4.79 Å². The summed E-state index contributed by atoms with van der Waals surface area (Å²) >= 11 is 1.30. The second-order valence-corrected chi connectivity index (χ2v) is 6.11. The van der Waals surface area contributed by atoms with Gasteiger partial charge in [-0.15, -0.1) is 11.8 Å². The molecule has 2 aromatic rings. The molecule has 0 atom stereocenters. The number of carbonyl (C=O) groups is 2. The van der Waals surface area contributed by atoms with Gasteiger partial charge in [0.1, 0.15) is 11.3 Å². The van der Waals surface area contributed by atoms with Crippen molar-refractivity contribution in [3.63, 3.8) is 0 Å². The van der Waals surface area contributed by atoms with Crippen LogP contribution >= 0.6 is 11.8 Å². The maximum absolute atomic E-state index is 12.0. The first-order valence-electron chi connectivity index (χ1n) is 7.36. The maximum atomic E-state index is 12.0. The van der Waals surface area contributed by atoms with E-state index in [1.54, 1.807) is 37.3 Å². The summed E-state index contributed by atoms with van der Waals surface area (Å²) in [5.74, 6) is -1.22. The molecule has 0 spiro atoms. The highest BCUT2D eigenvalue weighted by atomic mass is 32.2. The van der Waals surface area contributed by atoms with Gasteiger partial charge >= 0.3 is 5.97 Å². The lowest BCUT2D eigenvalue weighted by Crippen LogP contribution is -2.21. The zero-order chi connectivity index (χ0) is 18.2. The lowest BCUT2D eigenvalue weighted by Gasteiger charge is -2.10. The van der Waals surface area contributed by atoms with E-state index in [0.29, 0.717) is 5.69 Å². The van der Waals surface area contributed by atoms with Crippen LogP contribution < -0.4 is 5.32 Å². The minimum atomic E-state index is -0.775. The number of hydrogen-bond donors (Lipinski definition) is 2. The van der Waals surface area contributed by atoms with Crippen molar-refractivity contribution >= 4 is 29.3 Å². The van der Waals surface area contributed by atoms with Crippen LogP contribution in [0.1, 0.15) is 15.9 Å². The Morgan fingerprint density at radius 1 is 1.28 bits per heavy atom. The van der Waals surface area contributed by atoms with Crippen LogP contribution in [0.3, 0.4) is 0 Å². The average Bonchev–Trinajstić information content (AvgIpc) is 2.61. The number of nitrogens with one attached hydrogen (secondary N) is 1. The topological polar surface area (TPSA) is 99.4 Å². The number of thioether (sulfide) groups is 1. The highest BCUT2D eigenvalue weighted by Gasteiger charge is 2.15. The van der Waals surface area contributed by atoms with Gasteiger partial charge in [-0.1, -0.05) is 23.8 Å². The zero-order valence-corrected chi connectivity index (χ0v) is 14.3. The van der Waals surface area contributed by atoms with Gasteiger partial charge in [-0.2, -0.15) is 5.26 Å². The van der Waals surface area contributed by atoms with Crippen molar-refractivity contribution in [3.05, 3.63) is 53.6 Å². The largest absolute Gasteiger partial charge is 0.507 e. The first kappa shape index (κ1) is 18.4. The number of para-hydroxylation sites is 1. The fraction of sp³-hybridized carbons (Fsp3) is 0.167. The van der Waals surface area contributed by atoms with E-state index >= 15 is 0 Å². The molecule has 0 aliphatic heterocycles. The molecule has 0 heterocycles. The average molecular weight is 356 g/mol. The Bertz CT molecular complexity index is 830. The summed E-state index contributed by atoms with van der Waals surface area (Å²) in [4.78, 5) is 24.7. The summed E-state index contributed by atoms with van der Waals surface area (Å²) in [6.07, 6.45) is 0. The first-order valence-corrected chi connectivity index (χ1v) is 8.35. The van der Waals surface area contributed by atoms with Crippen LogP contribution in [-0.2, 0) is 9.53 Å². The first-order chi connectivity index (χ1) is 12.0. The van der Waals surface area contributed by atoms with Crippen LogP contribution in [0.2, 0.25) is 0 Å². The molecule has 0 unspecified atom stereocenters. The second-order valence-electron chi connectivity index (χ2n) is 5.09. The van der Waals surface area contributed by atoms with Gasteiger partial charge in [0.15, 0.2) is 6.61 Å². The molecule has 0 aliphatic rings. The number of aromatic hydroxyl groups is 1. The molecular formula is C18H16N2O4S. The van der Waals surface area contributed by atoms with Gasteiger partial charge in [0.25, 0.3) is 5.91 Å². The van der Waals surface area contributed by atoms with Gasteiger partial charge in [-0.25, -0.2) is 4.79 Å². The van der Waals surface area contributed by atoms with Crippen molar-refractivity contribution in [2.24, 2.45) is 0 Å². The third kappa shape index (κ3) is 5.26. The quantitative estimate of drug-likeness (QED) is 0.609. The Hall–Kier alpha value is -2.98. The van der Waals surface area contributed by atoms with E-state index in [0.717, 1.165) is 10.5 Å². The third-order valence-electron chi connectivity index (χ3n) is 3.16. The number of phenolic OH excluding ortho intramolecular Hbond substituents is 1. The van der Waals surface area contributed by atoms with Crippen LogP contribution in [0.15, 0.2) is 47.4 Å². The molecule has 2 N–H and O–H groups in total. The normalized spacial score (nSPS) is 9.92. The Balaban J connectivity index is 1.96.